The minimum Gasteiger partial charge on any atom is -0.309 e. The first-order chi connectivity index (χ1) is 11.5. The highest BCUT2D eigenvalue weighted by Gasteiger charge is 2.33. The second kappa shape index (κ2) is 6.46. The van der Waals surface area contributed by atoms with Crippen LogP contribution in [0.1, 0.15) is 38.3 Å². The van der Waals surface area contributed by atoms with E-state index < -0.39 is 0 Å². The van der Waals surface area contributed by atoms with Crippen molar-refractivity contribution < 1.29 is 9.59 Å². The summed E-state index contributed by atoms with van der Waals surface area (Å²) >= 11 is 0. The molecule has 24 heavy (non-hydrogen) atoms. The zero-order valence-electron chi connectivity index (χ0n) is 13.7. The summed E-state index contributed by atoms with van der Waals surface area (Å²) in [6.07, 6.45) is 2.14. The molecule has 2 aromatic rings. The molecular weight excluding hydrogens is 306 g/mol. The van der Waals surface area contributed by atoms with Crippen LogP contribution >= 0.6 is 0 Å². The van der Waals surface area contributed by atoms with Crippen molar-refractivity contribution >= 4 is 17.4 Å². The Balaban J connectivity index is 1.98. The van der Waals surface area contributed by atoms with E-state index in [1.807, 2.05) is 19.0 Å². The molecule has 0 spiro atoms. The molecule has 1 heterocycles. The summed E-state index contributed by atoms with van der Waals surface area (Å²) < 4.78 is 0. The maximum absolute atomic E-state index is 12.9. The van der Waals surface area contributed by atoms with Crippen molar-refractivity contribution in [3.8, 4) is 0 Å². The van der Waals surface area contributed by atoms with Crippen LogP contribution in [-0.2, 0) is 0 Å². The van der Waals surface area contributed by atoms with Gasteiger partial charge in [-0.2, -0.15) is 5.10 Å². The van der Waals surface area contributed by atoms with Crippen molar-refractivity contribution in [2.75, 3.05) is 32.2 Å². The number of hydrogen-bond donors (Lipinski definition) is 1. The van der Waals surface area contributed by atoms with E-state index in [2.05, 4.69) is 10.2 Å². The lowest BCUT2D eigenvalue weighted by Gasteiger charge is -2.24. The zero-order chi connectivity index (χ0) is 17.3. The monoisotopic (exact) mass is 325 g/mol. The molecule has 0 aliphatic heterocycles. The second-order valence-electron chi connectivity index (χ2n) is 6.01. The fraction of sp³-hybridized carbons (Fsp3) is 0.294. The first-order valence-electron chi connectivity index (χ1n) is 7.71. The molecule has 1 aromatic carbocycles. The van der Waals surface area contributed by atoms with Crippen LogP contribution in [0.5, 0.6) is 0 Å². The van der Waals surface area contributed by atoms with Gasteiger partial charge in [0.1, 0.15) is 0 Å². The van der Waals surface area contributed by atoms with Crippen LogP contribution in [0.4, 0.5) is 5.82 Å². The van der Waals surface area contributed by atoms with Crippen molar-refractivity contribution in [3.05, 3.63) is 52.7 Å². The minimum absolute atomic E-state index is 0.224. The third-order valence-electron chi connectivity index (χ3n) is 4.00. The predicted octanol–water partition coefficient (Wildman–Crippen LogP) is 0.884. The van der Waals surface area contributed by atoms with Gasteiger partial charge < -0.3 is 4.90 Å². The Kier molecular flexibility index (Phi) is 4.37. The van der Waals surface area contributed by atoms with Crippen molar-refractivity contribution in [1.29, 1.82) is 0 Å². The number of anilines is 1. The van der Waals surface area contributed by atoms with Gasteiger partial charge in [0.25, 0.3) is 0 Å². The van der Waals surface area contributed by atoms with E-state index in [1.54, 1.807) is 24.3 Å². The summed E-state index contributed by atoms with van der Waals surface area (Å²) in [7, 11) is 3.95. The molecule has 0 radical (unpaired) electrons. The molecular formula is C17H19N5O2. The SMILES string of the molecule is CN(C)CCCN(N)c1nncc2c1C(=O)c1ccccc1C2=O. The molecule has 3 rings (SSSR count). The van der Waals surface area contributed by atoms with Crippen molar-refractivity contribution in [1.82, 2.24) is 15.1 Å². The van der Waals surface area contributed by atoms with Gasteiger partial charge >= 0.3 is 0 Å². The first-order valence-corrected chi connectivity index (χ1v) is 7.71. The summed E-state index contributed by atoms with van der Waals surface area (Å²) in [5.74, 6) is 5.86. The lowest BCUT2D eigenvalue weighted by Crippen LogP contribution is -2.37. The molecule has 0 fully saturated rings. The molecule has 0 unspecified atom stereocenters. The second-order valence-corrected chi connectivity index (χ2v) is 6.01. The number of benzene rings is 1. The van der Waals surface area contributed by atoms with Crippen LogP contribution in [-0.4, -0.2) is 53.8 Å². The number of fused-ring (bicyclic) bond motifs is 2. The molecule has 0 atom stereocenters. The van der Waals surface area contributed by atoms with Gasteiger partial charge in [0.2, 0.25) is 0 Å². The average molecular weight is 325 g/mol. The number of nitrogens with zero attached hydrogens (tertiary/aromatic N) is 4. The normalized spacial score (nSPS) is 13.0. The number of hydrogen-bond acceptors (Lipinski definition) is 7. The number of carbonyl (C=O) groups excluding carboxylic acids is 2. The van der Waals surface area contributed by atoms with Gasteiger partial charge in [-0.1, -0.05) is 24.3 Å². The van der Waals surface area contributed by atoms with Crippen molar-refractivity contribution in [3.63, 3.8) is 0 Å². The van der Waals surface area contributed by atoms with Crippen LogP contribution in [0.3, 0.4) is 0 Å². The van der Waals surface area contributed by atoms with Crippen LogP contribution in [0, 0.1) is 0 Å². The summed E-state index contributed by atoms with van der Waals surface area (Å²) in [6, 6.07) is 6.77. The smallest absolute Gasteiger partial charge is 0.198 e. The summed E-state index contributed by atoms with van der Waals surface area (Å²) in [5.41, 5.74) is 1.27. The van der Waals surface area contributed by atoms with E-state index in [0.717, 1.165) is 13.0 Å². The number of nitrogens with two attached hydrogens (primary N) is 1. The van der Waals surface area contributed by atoms with Gasteiger partial charge in [-0.25, -0.2) is 5.84 Å². The topological polar surface area (TPSA) is 92.4 Å². The maximum atomic E-state index is 12.9. The molecule has 0 saturated carbocycles. The predicted molar refractivity (Wildman–Crippen MR) is 90.0 cm³/mol. The Morgan fingerprint density at radius 3 is 2.33 bits per heavy atom. The molecule has 1 aromatic heterocycles. The van der Waals surface area contributed by atoms with E-state index >= 15 is 0 Å². The molecule has 7 heteroatoms. The van der Waals surface area contributed by atoms with Crippen LogP contribution in [0.25, 0.3) is 0 Å². The van der Waals surface area contributed by atoms with E-state index in [9.17, 15) is 9.59 Å². The third kappa shape index (κ3) is 2.79. The maximum Gasteiger partial charge on any atom is 0.198 e. The van der Waals surface area contributed by atoms with Gasteiger partial charge in [0, 0.05) is 17.7 Å². The molecule has 7 nitrogen and oxygen atoms in total. The van der Waals surface area contributed by atoms with E-state index in [-0.39, 0.29) is 28.5 Å². The standard InChI is InChI=1S/C17H19N5O2/c1-21(2)8-5-9-22(18)17-14-13(10-19-20-17)15(23)11-6-3-4-7-12(11)16(14)24/h3-4,6-7,10H,5,8-9,18H2,1-2H3. The lowest BCUT2D eigenvalue weighted by atomic mass is 9.85. The number of hydrazine groups is 1. The zero-order valence-corrected chi connectivity index (χ0v) is 13.7. The van der Waals surface area contributed by atoms with Crippen LogP contribution in [0.2, 0.25) is 0 Å². The van der Waals surface area contributed by atoms with Gasteiger partial charge in [-0.15, -0.1) is 5.10 Å². The highest BCUT2D eigenvalue weighted by molar-refractivity contribution is 6.29. The first kappa shape index (κ1) is 16.2. The van der Waals surface area contributed by atoms with Crippen LogP contribution < -0.4 is 10.9 Å². The Hall–Kier alpha value is -2.64. The van der Waals surface area contributed by atoms with E-state index in [1.165, 1.54) is 11.2 Å². The fourth-order valence-corrected chi connectivity index (χ4v) is 2.80. The quantitative estimate of drug-likeness (QED) is 0.550. The number of carbonyl (C=O) groups is 2. The minimum atomic E-state index is -0.242. The Bertz CT molecular complexity index is 803. The average Bonchev–Trinajstić information content (AvgIpc) is 2.58. The third-order valence-corrected chi connectivity index (χ3v) is 4.00. The lowest BCUT2D eigenvalue weighted by molar-refractivity contribution is 0.0978. The van der Waals surface area contributed by atoms with Gasteiger partial charge in [0.05, 0.1) is 17.3 Å². The van der Waals surface area contributed by atoms with Crippen LogP contribution in [0.15, 0.2) is 30.5 Å². The largest absolute Gasteiger partial charge is 0.309 e. The highest BCUT2D eigenvalue weighted by Crippen LogP contribution is 2.30. The molecule has 0 saturated heterocycles. The summed E-state index contributed by atoms with van der Waals surface area (Å²) in [6.45, 7) is 1.36. The summed E-state index contributed by atoms with van der Waals surface area (Å²) in [5, 5.41) is 9.27. The van der Waals surface area contributed by atoms with Crippen molar-refractivity contribution in [2.45, 2.75) is 6.42 Å². The van der Waals surface area contributed by atoms with E-state index in [4.69, 9.17) is 5.84 Å². The molecule has 1 aliphatic rings. The molecule has 0 bridgehead atoms. The number of ketones is 2. The van der Waals surface area contributed by atoms with E-state index in [0.29, 0.717) is 17.7 Å². The number of aromatic nitrogens is 2. The molecule has 2 N–H and O–H groups in total. The Morgan fingerprint density at radius 2 is 1.67 bits per heavy atom. The molecule has 1 aliphatic carbocycles. The molecule has 124 valence electrons. The highest BCUT2D eigenvalue weighted by atomic mass is 16.1. The van der Waals surface area contributed by atoms with Gasteiger partial charge in [0.15, 0.2) is 17.4 Å². The molecule has 0 amide bonds. The van der Waals surface area contributed by atoms with Gasteiger partial charge in [-0.3, -0.25) is 14.6 Å². The Labute approximate surface area is 140 Å². The van der Waals surface area contributed by atoms with Gasteiger partial charge in [-0.05, 0) is 27.1 Å². The van der Waals surface area contributed by atoms with Crippen molar-refractivity contribution in [2.24, 2.45) is 5.84 Å². The summed E-state index contributed by atoms with van der Waals surface area (Å²) in [4.78, 5) is 27.5. The Morgan fingerprint density at radius 1 is 1.00 bits per heavy atom. The number of rotatable bonds is 5. The fourth-order valence-electron chi connectivity index (χ4n) is 2.80.